The third kappa shape index (κ3) is 3.94. The van der Waals surface area contributed by atoms with Crippen molar-refractivity contribution in [1.29, 1.82) is 0 Å². The van der Waals surface area contributed by atoms with E-state index >= 15 is 0 Å². The van der Waals surface area contributed by atoms with E-state index < -0.39 is 0 Å². The van der Waals surface area contributed by atoms with Crippen molar-refractivity contribution in [1.82, 2.24) is 25.4 Å². The number of ether oxygens (including phenoxy) is 1. The molecule has 0 amide bonds. The minimum atomic E-state index is -0.344. The molecule has 0 saturated heterocycles. The highest BCUT2D eigenvalue weighted by molar-refractivity contribution is 5.67. The van der Waals surface area contributed by atoms with E-state index in [4.69, 9.17) is 4.74 Å². The van der Waals surface area contributed by atoms with Gasteiger partial charge in [-0.3, -0.25) is 15.6 Å². The van der Waals surface area contributed by atoms with Gasteiger partial charge in [-0.2, -0.15) is 9.61 Å². The lowest BCUT2D eigenvalue weighted by Gasteiger charge is -2.23. The normalized spacial score (nSPS) is 16.9. The first-order valence-corrected chi connectivity index (χ1v) is 11.5. The van der Waals surface area contributed by atoms with Crippen molar-refractivity contribution in [2.45, 2.75) is 64.0 Å². The second-order valence-corrected chi connectivity index (χ2v) is 8.54. The Bertz CT molecular complexity index is 1150. The first kappa shape index (κ1) is 20.5. The number of hydrogen-bond donors (Lipinski definition) is 3. The van der Waals surface area contributed by atoms with Gasteiger partial charge in [-0.05, 0) is 55.0 Å². The van der Waals surface area contributed by atoms with Gasteiger partial charge in [0, 0.05) is 11.6 Å². The Balaban J connectivity index is 1.57. The lowest BCUT2D eigenvalue weighted by atomic mass is 9.83. The average molecular weight is 436 g/mol. The summed E-state index contributed by atoms with van der Waals surface area (Å²) in [6.45, 7) is 2.86. The van der Waals surface area contributed by atoms with Crippen molar-refractivity contribution in [3.8, 4) is 17.0 Å². The number of rotatable bonds is 7. The van der Waals surface area contributed by atoms with Gasteiger partial charge in [0.25, 0.3) is 5.56 Å². The molecule has 0 spiro atoms. The van der Waals surface area contributed by atoms with E-state index in [1.165, 1.54) is 10.9 Å². The summed E-state index contributed by atoms with van der Waals surface area (Å²) >= 11 is 0. The lowest BCUT2D eigenvalue weighted by Crippen LogP contribution is -2.26. The first-order valence-electron chi connectivity index (χ1n) is 11.5. The lowest BCUT2D eigenvalue weighted by molar-refractivity contribution is 0.309. The number of nitrogens with one attached hydrogen (secondary N) is 3. The molecule has 3 N–H and O–H groups in total. The van der Waals surface area contributed by atoms with E-state index in [2.05, 4.69) is 38.3 Å². The van der Waals surface area contributed by atoms with Gasteiger partial charge in [-0.25, -0.2) is 0 Å². The van der Waals surface area contributed by atoms with Crippen molar-refractivity contribution >= 4 is 5.65 Å². The van der Waals surface area contributed by atoms with E-state index in [1.807, 2.05) is 30.3 Å². The van der Waals surface area contributed by atoms with Crippen molar-refractivity contribution in [2.24, 2.45) is 10.4 Å². The number of hydrogen-bond acceptors (Lipinski definition) is 7. The van der Waals surface area contributed by atoms with Gasteiger partial charge in [0.05, 0.1) is 12.3 Å². The molecule has 1 fully saturated rings. The molecule has 3 aromatic rings. The summed E-state index contributed by atoms with van der Waals surface area (Å²) in [5.74, 6) is 1.08. The fourth-order valence-electron chi connectivity index (χ4n) is 4.58. The van der Waals surface area contributed by atoms with Crippen LogP contribution in [0.25, 0.3) is 16.9 Å². The van der Waals surface area contributed by atoms with Crippen LogP contribution in [0.3, 0.4) is 0 Å². The number of nitrogens with zero attached hydrogens (tertiary/aromatic N) is 4. The zero-order valence-electron chi connectivity index (χ0n) is 18.3. The highest BCUT2D eigenvalue weighted by Crippen LogP contribution is 2.36. The number of fused-ring (bicyclic) bond motifs is 1. The van der Waals surface area contributed by atoms with Crippen LogP contribution in [-0.2, 0) is 0 Å². The van der Waals surface area contributed by atoms with Gasteiger partial charge in [0.1, 0.15) is 17.1 Å². The van der Waals surface area contributed by atoms with Crippen LogP contribution in [0.1, 0.15) is 75.2 Å². The van der Waals surface area contributed by atoms with E-state index in [-0.39, 0.29) is 17.6 Å². The number of aromatic nitrogens is 3. The molecule has 2 aromatic heterocycles. The summed E-state index contributed by atoms with van der Waals surface area (Å²) in [5.41, 5.74) is 9.64. The molecule has 168 valence electrons. The van der Waals surface area contributed by atoms with Crippen LogP contribution in [0.15, 0.2) is 45.6 Å². The zero-order chi connectivity index (χ0) is 21.9. The summed E-state index contributed by atoms with van der Waals surface area (Å²) < 4.78 is 7.30. The van der Waals surface area contributed by atoms with Crippen LogP contribution in [0.4, 0.5) is 0 Å². The molecule has 0 radical (unpaired) electrons. The Morgan fingerprint density at radius 2 is 1.84 bits per heavy atom. The maximum atomic E-state index is 13.7. The van der Waals surface area contributed by atoms with E-state index in [9.17, 15) is 4.79 Å². The van der Waals surface area contributed by atoms with Crippen LogP contribution >= 0.6 is 0 Å². The monoisotopic (exact) mass is 435 g/mol. The molecular formula is C23H29N7O2. The summed E-state index contributed by atoms with van der Waals surface area (Å²) in [4.78, 5) is 17.2. The molecule has 9 heteroatoms. The second kappa shape index (κ2) is 9.02. The number of aromatic amines is 1. The Morgan fingerprint density at radius 3 is 2.56 bits per heavy atom. The standard InChI is InChI=1S/C23H29N7O2/c1-2-3-13-32-17-11-9-16(10-12-17)21-20(15-7-5-4-6-8-15)23(31)30-19(24-21)14-18(27-30)22-25-28-29-26-22/h9-12,14-15,22,24H,2-8,13H2,1H3,(H,25,29)(H,26,28). The molecule has 3 heterocycles. The van der Waals surface area contributed by atoms with Gasteiger partial charge in [0.2, 0.25) is 0 Å². The minimum Gasteiger partial charge on any atom is -0.494 e. The molecule has 0 atom stereocenters. The van der Waals surface area contributed by atoms with E-state index in [1.54, 1.807) is 0 Å². The van der Waals surface area contributed by atoms with Crippen molar-refractivity contribution in [3.63, 3.8) is 0 Å². The van der Waals surface area contributed by atoms with Gasteiger partial charge < -0.3 is 9.72 Å². The highest BCUT2D eigenvalue weighted by Gasteiger charge is 2.26. The maximum absolute atomic E-state index is 13.7. The predicted octanol–water partition coefficient (Wildman–Crippen LogP) is 4.39. The van der Waals surface area contributed by atoms with Crippen molar-refractivity contribution in [3.05, 3.63) is 51.9 Å². The molecule has 1 aliphatic heterocycles. The topological polar surface area (TPSA) is 108 Å². The Kier molecular flexibility index (Phi) is 5.79. The summed E-state index contributed by atoms with van der Waals surface area (Å²) in [5, 5.41) is 12.0. The smallest absolute Gasteiger partial charge is 0.278 e. The Labute approximate surface area is 186 Å². The Hall–Kier alpha value is -3.36. The molecule has 2 aliphatic rings. The fraction of sp³-hybridized carbons (Fsp3) is 0.478. The molecule has 32 heavy (non-hydrogen) atoms. The number of H-pyrrole nitrogens is 1. The van der Waals surface area contributed by atoms with Crippen molar-refractivity contribution < 1.29 is 4.74 Å². The molecule has 1 aromatic carbocycles. The third-order valence-corrected chi connectivity index (χ3v) is 6.32. The van der Waals surface area contributed by atoms with Crippen LogP contribution in [0.5, 0.6) is 5.75 Å². The van der Waals surface area contributed by atoms with E-state index in [0.29, 0.717) is 17.9 Å². The number of benzene rings is 1. The molecule has 1 aliphatic carbocycles. The molecule has 9 nitrogen and oxygen atoms in total. The van der Waals surface area contributed by atoms with Crippen LogP contribution < -0.4 is 21.1 Å². The summed E-state index contributed by atoms with van der Waals surface area (Å²) in [6.07, 6.45) is 7.37. The molecule has 0 unspecified atom stereocenters. The van der Waals surface area contributed by atoms with Gasteiger partial charge >= 0.3 is 0 Å². The molecule has 0 bridgehead atoms. The number of unbranched alkanes of at least 4 members (excludes halogenated alkanes) is 1. The van der Waals surface area contributed by atoms with Crippen LogP contribution in [-0.4, -0.2) is 21.2 Å². The van der Waals surface area contributed by atoms with Gasteiger partial charge in [0.15, 0.2) is 6.17 Å². The average Bonchev–Trinajstić information content (AvgIpc) is 3.50. The van der Waals surface area contributed by atoms with Crippen LogP contribution in [0, 0.1) is 0 Å². The zero-order valence-corrected chi connectivity index (χ0v) is 18.3. The van der Waals surface area contributed by atoms with E-state index in [0.717, 1.165) is 61.1 Å². The Morgan fingerprint density at radius 1 is 1.09 bits per heavy atom. The SMILES string of the molecule is CCCCOc1ccc(-c2[nH]c3cc(C4NN=NN4)nn3c(=O)c2C2CCCCC2)cc1. The maximum Gasteiger partial charge on any atom is 0.278 e. The fourth-order valence-corrected chi connectivity index (χ4v) is 4.58. The quantitative estimate of drug-likeness (QED) is 0.477. The first-order chi connectivity index (χ1) is 15.7. The summed E-state index contributed by atoms with van der Waals surface area (Å²) in [7, 11) is 0. The van der Waals surface area contributed by atoms with Gasteiger partial charge in [-0.15, -0.1) is 0 Å². The second-order valence-electron chi connectivity index (χ2n) is 8.54. The predicted molar refractivity (Wildman–Crippen MR) is 121 cm³/mol. The largest absolute Gasteiger partial charge is 0.494 e. The summed E-state index contributed by atoms with van der Waals surface area (Å²) in [6, 6.07) is 9.89. The molecular weight excluding hydrogens is 406 g/mol. The van der Waals surface area contributed by atoms with Gasteiger partial charge in [-0.1, -0.05) is 43.1 Å². The highest BCUT2D eigenvalue weighted by atomic mass is 16.5. The molecule has 1 saturated carbocycles. The van der Waals surface area contributed by atoms with Crippen molar-refractivity contribution in [2.75, 3.05) is 6.61 Å². The minimum absolute atomic E-state index is 0.0537. The van der Waals surface area contributed by atoms with Crippen LogP contribution in [0.2, 0.25) is 0 Å². The molecule has 5 rings (SSSR count). The third-order valence-electron chi connectivity index (χ3n) is 6.32.